The van der Waals surface area contributed by atoms with Crippen LogP contribution in [0.4, 0.5) is 16.0 Å². The van der Waals surface area contributed by atoms with E-state index in [-0.39, 0.29) is 17.1 Å². The first kappa shape index (κ1) is 20.6. The van der Waals surface area contributed by atoms with E-state index < -0.39 is 11.4 Å². The van der Waals surface area contributed by atoms with Crippen LogP contribution in [0.25, 0.3) is 22.4 Å². The molecule has 3 aromatic heterocycles. The number of fused-ring (bicyclic) bond motifs is 1. The number of benzene rings is 1. The molecule has 1 saturated heterocycles. The Balaban J connectivity index is 1.29. The fourth-order valence-electron chi connectivity index (χ4n) is 3.78. The van der Waals surface area contributed by atoms with Crippen LogP contribution in [0.2, 0.25) is 0 Å². The van der Waals surface area contributed by atoms with Crippen molar-refractivity contribution in [2.75, 3.05) is 43.0 Å². The molecule has 0 spiro atoms. The van der Waals surface area contributed by atoms with Crippen molar-refractivity contribution in [3.8, 4) is 11.5 Å². The molecule has 1 amide bonds. The molecule has 0 saturated carbocycles. The van der Waals surface area contributed by atoms with Crippen LogP contribution in [-0.2, 0) is 0 Å². The number of hydrogen-bond acceptors (Lipinski definition) is 8. The number of carbonyl (C=O) groups is 1. The zero-order valence-electron chi connectivity index (χ0n) is 17.7. The molecule has 10 nitrogen and oxygen atoms in total. The van der Waals surface area contributed by atoms with Crippen LogP contribution in [-0.4, -0.2) is 59.2 Å². The number of halogens is 1. The quantitative estimate of drug-likeness (QED) is 0.484. The van der Waals surface area contributed by atoms with Gasteiger partial charge in [-0.15, -0.1) is 0 Å². The van der Waals surface area contributed by atoms with Crippen molar-refractivity contribution in [1.82, 2.24) is 25.4 Å². The van der Waals surface area contributed by atoms with Gasteiger partial charge in [-0.05, 0) is 30.3 Å². The van der Waals surface area contributed by atoms with Crippen LogP contribution in [0.3, 0.4) is 0 Å². The number of nitrogens with one attached hydrogen (secondary N) is 2. The number of nitrogens with zero attached hydrogens (tertiary/aromatic N) is 5. The number of carbonyl (C=O) groups excluding carboxylic acids is 1. The second-order valence-electron chi connectivity index (χ2n) is 7.58. The van der Waals surface area contributed by atoms with E-state index in [0.29, 0.717) is 35.9 Å². The molecule has 4 aromatic rings. The van der Waals surface area contributed by atoms with E-state index in [1.54, 1.807) is 25.4 Å². The van der Waals surface area contributed by atoms with Crippen LogP contribution >= 0.6 is 0 Å². The lowest BCUT2D eigenvalue weighted by Gasteiger charge is -2.35. The molecule has 1 aromatic carbocycles. The number of piperazine rings is 1. The van der Waals surface area contributed by atoms with Gasteiger partial charge in [0.05, 0.1) is 22.8 Å². The van der Waals surface area contributed by atoms with Crippen molar-refractivity contribution in [3.05, 3.63) is 64.5 Å². The Bertz CT molecular complexity index is 1380. The average Bonchev–Trinajstić information content (AvgIpc) is 3.34. The van der Waals surface area contributed by atoms with E-state index in [9.17, 15) is 14.0 Å². The summed E-state index contributed by atoms with van der Waals surface area (Å²) in [7, 11) is 1.57. The molecular weight excluding hydrogens is 429 g/mol. The van der Waals surface area contributed by atoms with Gasteiger partial charge in [-0.25, -0.2) is 14.4 Å². The summed E-state index contributed by atoms with van der Waals surface area (Å²) in [5, 5.41) is 6.79. The Morgan fingerprint density at radius 2 is 1.91 bits per heavy atom. The van der Waals surface area contributed by atoms with Gasteiger partial charge in [-0.1, -0.05) is 5.16 Å². The highest BCUT2D eigenvalue weighted by molar-refractivity contribution is 5.92. The summed E-state index contributed by atoms with van der Waals surface area (Å²) in [5.74, 6) is 0.111. The molecule has 0 bridgehead atoms. The second kappa shape index (κ2) is 8.34. The smallest absolute Gasteiger partial charge is 0.269 e. The Labute approximate surface area is 187 Å². The maximum Gasteiger partial charge on any atom is 0.269 e. The van der Waals surface area contributed by atoms with Gasteiger partial charge in [-0.2, -0.15) is 0 Å². The van der Waals surface area contributed by atoms with Crippen LogP contribution < -0.4 is 20.7 Å². The van der Waals surface area contributed by atoms with Gasteiger partial charge < -0.3 is 24.6 Å². The van der Waals surface area contributed by atoms with Crippen LogP contribution in [0, 0.1) is 5.82 Å². The topological polar surface area (TPSA) is 120 Å². The first-order valence-electron chi connectivity index (χ1n) is 10.4. The highest BCUT2D eigenvalue weighted by Crippen LogP contribution is 2.25. The number of hydrogen-bond donors (Lipinski definition) is 2. The summed E-state index contributed by atoms with van der Waals surface area (Å²) in [5.41, 5.74) is 1.65. The molecule has 1 aliphatic heterocycles. The highest BCUT2D eigenvalue weighted by Gasteiger charge is 2.22. The minimum absolute atomic E-state index is 0.177. The van der Waals surface area contributed by atoms with Crippen LogP contribution in [0.1, 0.15) is 10.5 Å². The molecule has 1 aliphatic rings. The Hall–Kier alpha value is -4.28. The second-order valence-corrected chi connectivity index (χ2v) is 7.58. The van der Waals surface area contributed by atoms with Gasteiger partial charge in [0.15, 0.2) is 11.5 Å². The fourth-order valence-corrected chi connectivity index (χ4v) is 3.78. The fraction of sp³-hybridized carbons (Fsp3) is 0.227. The van der Waals surface area contributed by atoms with Crippen molar-refractivity contribution < 1.29 is 13.7 Å². The molecule has 4 heterocycles. The number of aromatic nitrogens is 4. The Morgan fingerprint density at radius 3 is 2.64 bits per heavy atom. The number of rotatable bonds is 4. The SMILES string of the molecule is CNC(=O)c1ccc(N2CCN(c3cc(-c4nc5ccc(F)cc5c(=O)[nH]4)no3)CC2)cn1. The third-order valence-corrected chi connectivity index (χ3v) is 5.57. The number of aromatic amines is 1. The summed E-state index contributed by atoms with van der Waals surface area (Å²) in [6, 6.07) is 9.18. The predicted molar refractivity (Wildman–Crippen MR) is 120 cm³/mol. The summed E-state index contributed by atoms with van der Waals surface area (Å²) >= 11 is 0. The van der Waals surface area contributed by atoms with Gasteiger partial charge in [0, 0.05) is 39.3 Å². The van der Waals surface area contributed by atoms with Crippen molar-refractivity contribution in [2.45, 2.75) is 0 Å². The predicted octanol–water partition coefficient (Wildman–Crippen LogP) is 1.80. The van der Waals surface area contributed by atoms with E-state index in [2.05, 4.69) is 30.3 Å². The summed E-state index contributed by atoms with van der Waals surface area (Å²) < 4.78 is 18.9. The van der Waals surface area contributed by atoms with Crippen LogP contribution in [0.15, 0.2) is 51.9 Å². The summed E-state index contributed by atoms with van der Waals surface area (Å²) in [6.45, 7) is 2.83. The lowest BCUT2D eigenvalue weighted by Crippen LogP contribution is -2.46. The standard InChI is InChI=1S/C22H20FN7O3/c1-24-22(32)17-5-3-14(12-25-17)29-6-8-30(9-7-29)19-11-18(28-33-19)20-26-16-4-2-13(23)10-15(16)21(31)27-20/h2-5,10-12H,6-9H2,1H3,(H,24,32)(H,26,27,31). The van der Waals surface area contributed by atoms with Gasteiger partial charge in [0.25, 0.3) is 11.5 Å². The lowest BCUT2D eigenvalue weighted by atomic mass is 10.2. The normalized spacial score (nSPS) is 14.0. The largest absolute Gasteiger partial charge is 0.367 e. The van der Waals surface area contributed by atoms with Gasteiger partial charge >= 0.3 is 0 Å². The first-order valence-corrected chi connectivity index (χ1v) is 10.4. The highest BCUT2D eigenvalue weighted by atomic mass is 19.1. The summed E-state index contributed by atoms with van der Waals surface area (Å²) in [4.78, 5) is 39.4. The van der Waals surface area contributed by atoms with Gasteiger partial charge in [-0.3, -0.25) is 9.59 Å². The van der Waals surface area contributed by atoms with Gasteiger partial charge in [0.2, 0.25) is 5.88 Å². The third kappa shape index (κ3) is 4.00. The van der Waals surface area contributed by atoms with E-state index in [1.165, 1.54) is 12.1 Å². The number of pyridine rings is 1. The minimum atomic E-state index is -0.497. The maximum absolute atomic E-state index is 13.4. The Kier molecular flexibility index (Phi) is 5.21. The molecule has 2 N–H and O–H groups in total. The third-order valence-electron chi connectivity index (χ3n) is 5.57. The zero-order valence-corrected chi connectivity index (χ0v) is 17.7. The van der Waals surface area contributed by atoms with E-state index in [1.807, 2.05) is 11.0 Å². The molecule has 33 heavy (non-hydrogen) atoms. The molecule has 0 atom stereocenters. The molecule has 11 heteroatoms. The molecule has 0 radical (unpaired) electrons. The maximum atomic E-state index is 13.4. The number of amides is 1. The van der Waals surface area contributed by atoms with Crippen LogP contribution in [0.5, 0.6) is 0 Å². The van der Waals surface area contributed by atoms with E-state index in [0.717, 1.165) is 24.8 Å². The first-order chi connectivity index (χ1) is 16.0. The molecule has 5 rings (SSSR count). The molecule has 168 valence electrons. The minimum Gasteiger partial charge on any atom is -0.367 e. The number of H-pyrrole nitrogens is 1. The van der Waals surface area contributed by atoms with Crippen molar-refractivity contribution in [1.29, 1.82) is 0 Å². The van der Waals surface area contributed by atoms with E-state index in [4.69, 9.17) is 4.52 Å². The summed E-state index contributed by atoms with van der Waals surface area (Å²) in [6.07, 6.45) is 1.69. The zero-order chi connectivity index (χ0) is 22.9. The molecule has 0 unspecified atom stereocenters. The lowest BCUT2D eigenvalue weighted by molar-refractivity contribution is 0.0958. The monoisotopic (exact) mass is 449 g/mol. The van der Waals surface area contributed by atoms with Crippen molar-refractivity contribution in [2.24, 2.45) is 0 Å². The molecule has 1 fully saturated rings. The van der Waals surface area contributed by atoms with E-state index >= 15 is 0 Å². The van der Waals surface area contributed by atoms with Crippen molar-refractivity contribution in [3.63, 3.8) is 0 Å². The molecular formula is C22H20FN7O3. The average molecular weight is 449 g/mol. The van der Waals surface area contributed by atoms with Crippen molar-refractivity contribution >= 4 is 28.4 Å². The van der Waals surface area contributed by atoms with Gasteiger partial charge in [0.1, 0.15) is 11.5 Å². The molecule has 0 aliphatic carbocycles. The number of anilines is 2. The Morgan fingerprint density at radius 1 is 1.12 bits per heavy atom.